The van der Waals surface area contributed by atoms with E-state index in [-0.39, 0.29) is 11.6 Å². The van der Waals surface area contributed by atoms with Crippen LogP contribution in [0.5, 0.6) is 0 Å². The van der Waals surface area contributed by atoms with Gasteiger partial charge in [0, 0.05) is 6.04 Å². The van der Waals surface area contributed by atoms with Gasteiger partial charge in [-0.2, -0.15) is 0 Å². The lowest BCUT2D eigenvalue weighted by atomic mass is 9.58. The number of nitrogens with one attached hydrogen (secondary N) is 1. The summed E-state index contributed by atoms with van der Waals surface area (Å²) >= 11 is 0. The van der Waals surface area contributed by atoms with Gasteiger partial charge in [0.15, 0.2) is 0 Å². The molecule has 2 atom stereocenters. The quantitative estimate of drug-likeness (QED) is 0.529. The molecular formula is C27H28N2O3. The van der Waals surface area contributed by atoms with Gasteiger partial charge in [-0.3, -0.25) is 4.79 Å². The lowest BCUT2D eigenvalue weighted by molar-refractivity contribution is -0.121. The van der Waals surface area contributed by atoms with Crippen molar-refractivity contribution in [1.29, 1.82) is 0 Å². The van der Waals surface area contributed by atoms with Gasteiger partial charge >= 0.3 is 5.97 Å². The van der Waals surface area contributed by atoms with E-state index >= 15 is 0 Å². The lowest BCUT2D eigenvalue weighted by Gasteiger charge is -2.48. The molecule has 0 spiro atoms. The van der Waals surface area contributed by atoms with E-state index in [4.69, 9.17) is 5.73 Å². The van der Waals surface area contributed by atoms with Gasteiger partial charge < -0.3 is 16.2 Å². The number of aromatic carboxylic acids is 1. The minimum atomic E-state index is -1.00. The number of primary amides is 1. The van der Waals surface area contributed by atoms with Crippen molar-refractivity contribution in [3.05, 3.63) is 107 Å². The third kappa shape index (κ3) is 3.92. The van der Waals surface area contributed by atoms with Gasteiger partial charge in [0.05, 0.1) is 16.9 Å². The molecule has 0 bridgehead atoms. The maximum atomic E-state index is 13.2. The second-order valence-corrected chi connectivity index (χ2v) is 8.37. The van der Waals surface area contributed by atoms with E-state index in [1.807, 2.05) is 36.4 Å². The van der Waals surface area contributed by atoms with Crippen LogP contribution in [0.15, 0.2) is 84.9 Å². The zero-order valence-electron chi connectivity index (χ0n) is 17.9. The fourth-order valence-corrected chi connectivity index (χ4v) is 5.24. The van der Waals surface area contributed by atoms with Crippen molar-refractivity contribution in [2.45, 2.75) is 36.6 Å². The van der Waals surface area contributed by atoms with Crippen molar-refractivity contribution in [2.24, 2.45) is 5.73 Å². The monoisotopic (exact) mass is 428 g/mol. The summed E-state index contributed by atoms with van der Waals surface area (Å²) in [5.41, 5.74) is 8.31. The molecule has 1 amide bonds. The number of piperidine rings is 1. The molecule has 5 heteroatoms. The number of carbonyl (C=O) groups excluding carboxylic acids is 1. The molecule has 2 unspecified atom stereocenters. The van der Waals surface area contributed by atoms with Crippen LogP contribution >= 0.6 is 0 Å². The second-order valence-electron chi connectivity index (χ2n) is 8.37. The van der Waals surface area contributed by atoms with Crippen molar-refractivity contribution in [3.63, 3.8) is 0 Å². The van der Waals surface area contributed by atoms with E-state index in [0.29, 0.717) is 5.56 Å². The Hall–Kier alpha value is -3.44. The molecule has 1 saturated heterocycles. The number of hydrogen-bond donors (Lipinski definition) is 3. The maximum absolute atomic E-state index is 13.2. The predicted molar refractivity (Wildman–Crippen MR) is 125 cm³/mol. The highest BCUT2D eigenvalue weighted by Crippen LogP contribution is 2.49. The Labute approximate surface area is 188 Å². The minimum absolute atomic E-state index is 0.0160. The minimum Gasteiger partial charge on any atom is -0.478 e. The fraction of sp³-hybridized carbons (Fsp3) is 0.259. The van der Waals surface area contributed by atoms with E-state index in [1.165, 1.54) is 0 Å². The van der Waals surface area contributed by atoms with Gasteiger partial charge in [-0.1, -0.05) is 79.2 Å². The molecule has 0 aromatic heterocycles. The van der Waals surface area contributed by atoms with Crippen LogP contribution in [0, 0.1) is 0 Å². The summed E-state index contributed by atoms with van der Waals surface area (Å²) < 4.78 is 0. The first-order valence-electron chi connectivity index (χ1n) is 11.0. The van der Waals surface area contributed by atoms with E-state index in [1.54, 1.807) is 24.3 Å². The molecule has 0 aliphatic carbocycles. The Morgan fingerprint density at radius 1 is 0.875 bits per heavy atom. The molecule has 164 valence electrons. The van der Waals surface area contributed by atoms with Gasteiger partial charge in [0.1, 0.15) is 0 Å². The van der Waals surface area contributed by atoms with E-state index in [2.05, 4.69) is 29.6 Å². The first-order chi connectivity index (χ1) is 15.5. The average molecular weight is 429 g/mol. The van der Waals surface area contributed by atoms with Crippen LogP contribution in [0.25, 0.3) is 0 Å². The number of carboxylic acid groups (broad SMARTS) is 1. The average Bonchev–Trinajstić information content (AvgIpc) is 2.84. The molecule has 5 nitrogen and oxygen atoms in total. The highest BCUT2D eigenvalue weighted by Gasteiger charge is 2.51. The Kier molecular flexibility index (Phi) is 6.37. The van der Waals surface area contributed by atoms with Gasteiger partial charge in [-0.05, 0) is 48.2 Å². The van der Waals surface area contributed by atoms with Crippen LogP contribution < -0.4 is 11.1 Å². The summed E-state index contributed by atoms with van der Waals surface area (Å²) in [6, 6.07) is 26.6. The highest BCUT2D eigenvalue weighted by atomic mass is 16.4. The molecule has 32 heavy (non-hydrogen) atoms. The number of amides is 1. The maximum Gasteiger partial charge on any atom is 0.335 e. The van der Waals surface area contributed by atoms with Gasteiger partial charge in [0.2, 0.25) is 5.91 Å². The third-order valence-corrected chi connectivity index (χ3v) is 6.59. The van der Waals surface area contributed by atoms with Crippen LogP contribution in [0.3, 0.4) is 0 Å². The summed E-state index contributed by atoms with van der Waals surface area (Å²) in [6.45, 7) is 0.871. The zero-order valence-corrected chi connectivity index (χ0v) is 17.9. The third-order valence-electron chi connectivity index (χ3n) is 6.59. The number of carboxylic acids is 1. The van der Waals surface area contributed by atoms with Gasteiger partial charge in [-0.25, -0.2) is 4.79 Å². The normalized spacial score (nSPS) is 17.4. The topological polar surface area (TPSA) is 92.4 Å². The van der Waals surface area contributed by atoms with Crippen molar-refractivity contribution in [3.8, 4) is 0 Å². The zero-order chi connectivity index (χ0) is 22.6. The van der Waals surface area contributed by atoms with Crippen LogP contribution in [-0.4, -0.2) is 29.6 Å². The van der Waals surface area contributed by atoms with Gasteiger partial charge in [-0.15, -0.1) is 0 Å². The Morgan fingerprint density at radius 3 is 1.88 bits per heavy atom. The van der Waals surface area contributed by atoms with Crippen LogP contribution in [0.2, 0.25) is 0 Å². The van der Waals surface area contributed by atoms with E-state index in [9.17, 15) is 14.7 Å². The molecule has 3 aromatic rings. The van der Waals surface area contributed by atoms with Crippen LogP contribution in [-0.2, 0) is 10.2 Å². The number of rotatable bonds is 7. The lowest BCUT2D eigenvalue weighted by Crippen LogP contribution is -2.57. The summed E-state index contributed by atoms with van der Waals surface area (Å²) in [5.74, 6) is -2.13. The first-order valence-corrected chi connectivity index (χ1v) is 11.0. The van der Waals surface area contributed by atoms with Crippen molar-refractivity contribution in [2.75, 3.05) is 6.54 Å². The summed E-state index contributed by atoms with van der Waals surface area (Å²) in [7, 11) is 0. The van der Waals surface area contributed by atoms with Crippen molar-refractivity contribution >= 4 is 11.9 Å². The number of nitrogens with two attached hydrogens (primary N) is 1. The molecule has 1 aliphatic rings. The Balaban J connectivity index is 2.01. The number of hydrogen-bond acceptors (Lipinski definition) is 3. The molecule has 4 N–H and O–H groups in total. The number of carbonyl (C=O) groups is 2. The Bertz CT molecular complexity index is 1020. The molecule has 0 saturated carbocycles. The van der Waals surface area contributed by atoms with Gasteiger partial charge in [0.25, 0.3) is 0 Å². The molecule has 4 rings (SSSR count). The standard InChI is InChI=1S/C27H28N2O3/c28-25(30)24(19-14-16-20(17-15-19)26(31)32)27(21-9-3-1-4-10-21,22-11-5-2-6-12-22)23-13-7-8-18-29-23/h1-6,9-12,14-17,23-24,29H,7-8,13,18H2,(H2,28,30)(H,31,32). The molecule has 1 heterocycles. The molecule has 0 radical (unpaired) electrons. The van der Waals surface area contributed by atoms with E-state index in [0.717, 1.165) is 36.9 Å². The van der Waals surface area contributed by atoms with E-state index < -0.39 is 23.2 Å². The van der Waals surface area contributed by atoms with Crippen molar-refractivity contribution in [1.82, 2.24) is 5.32 Å². The molecular weight excluding hydrogens is 400 g/mol. The van der Waals surface area contributed by atoms with Crippen molar-refractivity contribution < 1.29 is 14.7 Å². The largest absolute Gasteiger partial charge is 0.478 e. The Morgan fingerprint density at radius 2 is 1.44 bits per heavy atom. The fourth-order valence-electron chi connectivity index (χ4n) is 5.24. The summed E-state index contributed by atoms with van der Waals surface area (Å²) in [5, 5.41) is 13.0. The van der Waals surface area contributed by atoms with Crippen LogP contribution in [0.1, 0.15) is 52.2 Å². The predicted octanol–water partition coefficient (Wildman–Crippen LogP) is 4.08. The second kappa shape index (κ2) is 9.37. The number of benzene rings is 3. The summed E-state index contributed by atoms with van der Waals surface area (Å²) in [4.78, 5) is 24.6. The first kappa shape index (κ1) is 21.8. The smallest absolute Gasteiger partial charge is 0.335 e. The molecule has 3 aromatic carbocycles. The molecule has 1 aliphatic heterocycles. The van der Waals surface area contributed by atoms with Crippen LogP contribution in [0.4, 0.5) is 0 Å². The summed E-state index contributed by atoms with van der Waals surface area (Å²) in [6.07, 6.45) is 3.05. The molecule has 1 fully saturated rings. The highest BCUT2D eigenvalue weighted by molar-refractivity contribution is 5.89. The SMILES string of the molecule is NC(=O)C(c1ccc(C(=O)O)cc1)C(c1ccccc1)(c1ccccc1)C1CCCCN1.